The van der Waals surface area contributed by atoms with Gasteiger partial charge in [0.25, 0.3) is 0 Å². The molecule has 0 saturated heterocycles. The maximum Gasteiger partial charge on any atom is 0.414 e. The molecular weight excluding hydrogens is 398 g/mol. The third kappa shape index (κ3) is 3.33. The zero-order valence-corrected chi connectivity index (χ0v) is 18.4. The highest BCUT2D eigenvalue weighted by Gasteiger charge is 2.56. The monoisotopic (exact) mass is 425 g/mol. The Hall–Kier alpha value is -3.06. The highest BCUT2D eigenvalue weighted by Crippen LogP contribution is 2.53. The SMILES string of the molecule is COc1cc2c(cc1OC)[C@@H](O)[C@@]1(C2)CN(C(=O)OC(C)(C)C)c2ccccc2C1=O. The quantitative estimate of drug-likeness (QED) is 0.785. The lowest BCUT2D eigenvalue weighted by Gasteiger charge is -2.42. The van der Waals surface area contributed by atoms with Crippen LogP contribution in [0.2, 0.25) is 0 Å². The van der Waals surface area contributed by atoms with E-state index in [4.69, 9.17) is 14.2 Å². The van der Waals surface area contributed by atoms with Crippen molar-refractivity contribution in [3.05, 3.63) is 53.1 Å². The van der Waals surface area contributed by atoms with Crippen LogP contribution in [0.25, 0.3) is 0 Å². The number of hydrogen-bond acceptors (Lipinski definition) is 6. The molecule has 7 heteroatoms. The number of aliphatic hydroxyl groups excluding tert-OH is 1. The van der Waals surface area contributed by atoms with Gasteiger partial charge in [0, 0.05) is 12.1 Å². The minimum atomic E-state index is -1.22. The number of benzene rings is 2. The van der Waals surface area contributed by atoms with Crippen molar-refractivity contribution in [2.75, 3.05) is 25.7 Å². The predicted molar refractivity (Wildman–Crippen MR) is 115 cm³/mol. The number of nitrogens with zero attached hydrogens (tertiary/aromatic N) is 1. The number of carbonyl (C=O) groups is 2. The number of amides is 1. The Balaban J connectivity index is 1.81. The zero-order chi connectivity index (χ0) is 22.6. The highest BCUT2D eigenvalue weighted by molar-refractivity contribution is 6.11. The number of ketones is 1. The molecule has 1 aliphatic carbocycles. The number of Topliss-reactive ketones (excluding diaryl/α,β-unsaturated/α-hetero) is 1. The topological polar surface area (TPSA) is 85.3 Å². The number of methoxy groups -OCH3 is 2. The molecule has 0 bridgehead atoms. The number of fused-ring (bicyclic) bond motifs is 2. The number of para-hydroxylation sites is 1. The first-order valence-electron chi connectivity index (χ1n) is 10.2. The van der Waals surface area contributed by atoms with Gasteiger partial charge in [-0.2, -0.15) is 0 Å². The van der Waals surface area contributed by atoms with E-state index in [0.717, 1.165) is 5.56 Å². The molecule has 1 amide bonds. The Bertz CT molecular complexity index is 1060. The number of ether oxygens (including phenoxy) is 3. The second kappa shape index (κ2) is 7.27. The van der Waals surface area contributed by atoms with Crippen molar-refractivity contribution in [2.24, 2.45) is 5.41 Å². The molecule has 1 aliphatic heterocycles. The third-order valence-corrected chi connectivity index (χ3v) is 5.92. The smallest absolute Gasteiger partial charge is 0.414 e. The lowest BCUT2D eigenvalue weighted by Crippen LogP contribution is -2.53. The van der Waals surface area contributed by atoms with Crippen molar-refractivity contribution >= 4 is 17.6 Å². The van der Waals surface area contributed by atoms with E-state index in [1.165, 1.54) is 19.1 Å². The van der Waals surface area contributed by atoms with E-state index in [1.807, 2.05) is 0 Å². The van der Waals surface area contributed by atoms with Crippen molar-refractivity contribution in [2.45, 2.75) is 38.9 Å². The second-order valence-electron chi connectivity index (χ2n) is 9.05. The van der Waals surface area contributed by atoms with Gasteiger partial charge in [-0.3, -0.25) is 9.69 Å². The average Bonchev–Trinajstić information content (AvgIpc) is 3.00. The van der Waals surface area contributed by atoms with E-state index in [9.17, 15) is 14.7 Å². The molecule has 1 spiro atoms. The molecule has 0 unspecified atom stereocenters. The molecule has 2 atom stereocenters. The summed E-state index contributed by atoms with van der Waals surface area (Å²) in [5.41, 5.74) is 0.372. The highest BCUT2D eigenvalue weighted by atomic mass is 16.6. The fourth-order valence-electron chi connectivity index (χ4n) is 4.51. The summed E-state index contributed by atoms with van der Waals surface area (Å²) in [5, 5.41) is 11.4. The standard InChI is InChI=1S/C24H27NO6/c1-23(2,3)31-22(28)25-13-24(20(26)15-8-6-7-9-17(15)25)12-14-10-18(29-4)19(30-5)11-16(14)21(24)27/h6-11,21,27H,12-13H2,1-5H3/t21-,24+/m1/s1. The molecular formula is C24H27NO6. The van der Waals surface area contributed by atoms with Gasteiger partial charge in [0.1, 0.15) is 5.60 Å². The van der Waals surface area contributed by atoms with Gasteiger partial charge >= 0.3 is 6.09 Å². The molecule has 31 heavy (non-hydrogen) atoms. The molecule has 0 aromatic heterocycles. The minimum absolute atomic E-state index is 0.0121. The summed E-state index contributed by atoms with van der Waals surface area (Å²) in [6.45, 7) is 5.39. The summed E-state index contributed by atoms with van der Waals surface area (Å²) in [7, 11) is 3.06. The van der Waals surface area contributed by atoms with E-state index in [-0.39, 0.29) is 18.7 Å². The van der Waals surface area contributed by atoms with Crippen LogP contribution in [-0.4, -0.2) is 43.3 Å². The summed E-state index contributed by atoms with van der Waals surface area (Å²) < 4.78 is 16.4. The first-order valence-corrected chi connectivity index (χ1v) is 10.2. The van der Waals surface area contributed by atoms with Crippen molar-refractivity contribution in [3.8, 4) is 11.5 Å². The van der Waals surface area contributed by atoms with E-state index in [1.54, 1.807) is 57.2 Å². The Morgan fingerprint density at radius 2 is 1.77 bits per heavy atom. The van der Waals surface area contributed by atoms with Crippen molar-refractivity contribution in [1.82, 2.24) is 0 Å². The first kappa shape index (κ1) is 21.2. The summed E-state index contributed by atoms with van der Waals surface area (Å²) >= 11 is 0. The van der Waals surface area contributed by atoms with Crippen molar-refractivity contribution < 1.29 is 28.9 Å². The van der Waals surface area contributed by atoms with Gasteiger partial charge < -0.3 is 19.3 Å². The number of anilines is 1. The van der Waals surface area contributed by atoms with Crippen LogP contribution in [0.1, 0.15) is 48.4 Å². The van der Waals surface area contributed by atoms with Crippen LogP contribution < -0.4 is 14.4 Å². The summed E-state index contributed by atoms with van der Waals surface area (Å²) in [4.78, 5) is 28.2. The minimum Gasteiger partial charge on any atom is -0.493 e. The van der Waals surface area contributed by atoms with E-state index in [0.29, 0.717) is 28.3 Å². The number of rotatable bonds is 2. The zero-order valence-electron chi connectivity index (χ0n) is 18.4. The van der Waals surface area contributed by atoms with Gasteiger partial charge in [0.2, 0.25) is 0 Å². The van der Waals surface area contributed by atoms with Crippen LogP contribution in [-0.2, 0) is 11.2 Å². The molecule has 7 nitrogen and oxygen atoms in total. The Morgan fingerprint density at radius 1 is 1.13 bits per heavy atom. The van der Waals surface area contributed by atoms with Crippen LogP contribution >= 0.6 is 0 Å². The third-order valence-electron chi connectivity index (χ3n) is 5.92. The molecule has 0 fully saturated rings. The van der Waals surface area contributed by atoms with E-state index in [2.05, 4.69) is 0 Å². The van der Waals surface area contributed by atoms with Gasteiger partial charge in [-0.25, -0.2) is 4.79 Å². The van der Waals surface area contributed by atoms with Crippen LogP contribution in [0.5, 0.6) is 11.5 Å². The summed E-state index contributed by atoms with van der Waals surface area (Å²) in [6.07, 6.45) is -1.38. The lowest BCUT2D eigenvalue weighted by atomic mass is 9.72. The van der Waals surface area contributed by atoms with E-state index >= 15 is 0 Å². The van der Waals surface area contributed by atoms with Gasteiger partial charge in [0.15, 0.2) is 17.3 Å². The van der Waals surface area contributed by atoms with Gasteiger partial charge in [-0.15, -0.1) is 0 Å². The van der Waals surface area contributed by atoms with Crippen molar-refractivity contribution in [1.29, 1.82) is 0 Å². The molecule has 164 valence electrons. The molecule has 2 aliphatic rings. The molecule has 2 aromatic carbocycles. The number of hydrogen-bond donors (Lipinski definition) is 1. The van der Waals surface area contributed by atoms with Gasteiger partial charge in [-0.1, -0.05) is 12.1 Å². The second-order valence-corrected chi connectivity index (χ2v) is 9.05. The maximum absolute atomic E-state index is 13.7. The van der Waals surface area contributed by atoms with Crippen LogP contribution in [0.4, 0.5) is 10.5 Å². The van der Waals surface area contributed by atoms with Crippen LogP contribution in [0.15, 0.2) is 36.4 Å². The Labute approximate surface area is 181 Å². The molecule has 4 rings (SSSR count). The van der Waals surface area contributed by atoms with E-state index < -0.39 is 23.2 Å². The van der Waals surface area contributed by atoms with Gasteiger partial charge in [-0.05, 0) is 62.6 Å². The van der Waals surface area contributed by atoms with Crippen LogP contribution in [0, 0.1) is 5.41 Å². The largest absolute Gasteiger partial charge is 0.493 e. The molecule has 0 radical (unpaired) electrons. The summed E-state index contributed by atoms with van der Waals surface area (Å²) in [6, 6.07) is 10.4. The van der Waals surface area contributed by atoms with Gasteiger partial charge in [0.05, 0.1) is 31.4 Å². The molecule has 1 N–H and O–H groups in total. The number of carbonyl (C=O) groups excluding carboxylic acids is 2. The average molecular weight is 425 g/mol. The van der Waals surface area contributed by atoms with Crippen molar-refractivity contribution in [3.63, 3.8) is 0 Å². The molecule has 2 aromatic rings. The fraction of sp³-hybridized carbons (Fsp3) is 0.417. The molecule has 0 saturated carbocycles. The molecule has 1 heterocycles. The maximum atomic E-state index is 13.7. The predicted octanol–water partition coefficient (Wildman–Crippen LogP) is 3.92. The fourth-order valence-corrected chi connectivity index (χ4v) is 4.51. The Morgan fingerprint density at radius 3 is 2.42 bits per heavy atom. The number of aliphatic hydroxyl groups is 1. The first-order chi connectivity index (χ1) is 14.6. The Kier molecular flexibility index (Phi) is 4.97. The summed E-state index contributed by atoms with van der Waals surface area (Å²) in [5.74, 6) is 0.813. The van der Waals surface area contributed by atoms with Crippen LogP contribution in [0.3, 0.4) is 0 Å². The normalized spacial score (nSPS) is 22.2. The lowest BCUT2D eigenvalue weighted by molar-refractivity contribution is 0.0288.